The summed E-state index contributed by atoms with van der Waals surface area (Å²) in [7, 11) is 0. The molecule has 2 nitrogen and oxygen atoms in total. The Bertz CT molecular complexity index is 599. The van der Waals surface area contributed by atoms with Crippen molar-refractivity contribution < 1.29 is 5.11 Å². The molecule has 1 unspecified atom stereocenters. The van der Waals surface area contributed by atoms with E-state index in [0.29, 0.717) is 21.7 Å². The van der Waals surface area contributed by atoms with Crippen molar-refractivity contribution in [2.75, 3.05) is 0 Å². The number of aromatic nitrogens is 1. The van der Waals surface area contributed by atoms with Crippen LogP contribution in [0.3, 0.4) is 0 Å². The Hall–Kier alpha value is -1.09. The minimum absolute atomic E-state index is 0.374. The molecule has 0 fully saturated rings. The topological polar surface area (TPSA) is 33.1 Å². The van der Waals surface area contributed by atoms with Crippen LogP contribution in [0.15, 0.2) is 36.5 Å². The van der Waals surface area contributed by atoms with Crippen LogP contribution in [0.4, 0.5) is 0 Å². The summed E-state index contributed by atoms with van der Waals surface area (Å²) in [6, 6.07) is 9.47. The highest BCUT2D eigenvalue weighted by Gasteiger charge is 2.16. The summed E-state index contributed by atoms with van der Waals surface area (Å²) in [5.74, 6) is 0.569. The Labute approximate surface area is 129 Å². The standard InChI is InChI=1S/C16H17Cl2NO/c1-10(2)6-11-4-3-5-12(7-11)16(20)15-14(18)8-13(17)9-19-15/h3-5,7-10,16,20H,6H2,1-2H3. The largest absolute Gasteiger partial charge is 0.382 e. The van der Waals surface area contributed by atoms with Gasteiger partial charge in [-0.2, -0.15) is 0 Å². The molecule has 0 aliphatic rings. The summed E-state index contributed by atoms with van der Waals surface area (Å²) >= 11 is 11.9. The van der Waals surface area contributed by atoms with Crippen LogP contribution >= 0.6 is 23.2 Å². The van der Waals surface area contributed by atoms with Crippen LogP contribution in [0.5, 0.6) is 0 Å². The number of nitrogens with zero attached hydrogens (tertiary/aromatic N) is 1. The summed E-state index contributed by atoms with van der Waals surface area (Å²) < 4.78 is 0. The average Bonchev–Trinajstić information content (AvgIpc) is 2.37. The van der Waals surface area contributed by atoms with E-state index in [9.17, 15) is 5.11 Å². The fourth-order valence-corrected chi connectivity index (χ4v) is 2.63. The number of hydrogen-bond donors (Lipinski definition) is 1. The van der Waals surface area contributed by atoms with E-state index in [2.05, 4.69) is 24.9 Å². The maximum atomic E-state index is 10.4. The SMILES string of the molecule is CC(C)Cc1cccc(C(O)c2ncc(Cl)cc2Cl)c1. The van der Waals surface area contributed by atoms with E-state index in [4.69, 9.17) is 23.2 Å². The predicted molar refractivity (Wildman–Crippen MR) is 83.3 cm³/mol. The van der Waals surface area contributed by atoms with Crippen molar-refractivity contribution in [2.45, 2.75) is 26.4 Å². The third-order valence-electron chi connectivity index (χ3n) is 3.01. The van der Waals surface area contributed by atoms with Gasteiger partial charge in [0, 0.05) is 6.20 Å². The van der Waals surface area contributed by atoms with E-state index in [1.807, 2.05) is 18.2 Å². The third kappa shape index (κ3) is 3.72. The van der Waals surface area contributed by atoms with Crippen LogP contribution in [-0.2, 0) is 6.42 Å². The molecule has 1 N–H and O–H groups in total. The first kappa shape index (κ1) is 15.3. The van der Waals surface area contributed by atoms with Gasteiger partial charge in [-0.3, -0.25) is 4.98 Å². The summed E-state index contributed by atoms with van der Waals surface area (Å²) in [5, 5.41) is 11.3. The third-order valence-corrected chi connectivity index (χ3v) is 3.52. The molecule has 0 aliphatic carbocycles. The Morgan fingerprint density at radius 2 is 1.95 bits per heavy atom. The van der Waals surface area contributed by atoms with Crippen LogP contribution < -0.4 is 0 Å². The first-order valence-corrected chi connectivity index (χ1v) is 7.31. The second-order valence-electron chi connectivity index (χ2n) is 5.27. The first-order chi connectivity index (χ1) is 9.47. The molecular weight excluding hydrogens is 293 g/mol. The van der Waals surface area contributed by atoms with E-state index in [0.717, 1.165) is 12.0 Å². The Morgan fingerprint density at radius 1 is 1.20 bits per heavy atom. The number of pyridine rings is 1. The van der Waals surface area contributed by atoms with Crippen molar-refractivity contribution in [2.24, 2.45) is 5.92 Å². The molecule has 0 amide bonds. The van der Waals surface area contributed by atoms with Crippen LogP contribution in [-0.4, -0.2) is 10.1 Å². The van der Waals surface area contributed by atoms with E-state index in [1.165, 1.54) is 11.8 Å². The second-order valence-corrected chi connectivity index (χ2v) is 6.11. The fraction of sp³-hybridized carbons (Fsp3) is 0.312. The van der Waals surface area contributed by atoms with Gasteiger partial charge in [-0.25, -0.2) is 0 Å². The molecule has 1 atom stereocenters. The Morgan fingerprint density at radius 3 is 2.60 bits per heavy atom. The number of aliphatic hydroxyl groups is 1. The highest BCUT2D eigenvalue weighted by Crippen LogP contribution is 2.28. The van der Waals surface area contributed by atoms with Crippen LogP contribution in [0.2, 0.25) is 10.0 Å². The van der Waals surface area contributed by atoms with Gasteiger partial charge < -0.3 is 5.11 Å². The van der Waals surface area contributed by atoms with Gasteiger partial charge in [0.15, 0.2) is 0 Å². The highest BCUT2D eigenvalue weighted by atomic mass is 35.5. The van der Waals surface area contributed by atoms with Gasteiger partial charge in [0.1, 0.15) is 6.10 Å². The van der Waals surface area contributed by atoms with Crippen molar-refractivity contribution >= 4 is 23.2 Å². The lowest BCUT2D eigenvalue weighted by atomic mass is 9.98. The van der Waals surface area contributed by atoms with Crippen LogP contribution in [0.1, 0.15) is 36.8 Å². The normalized spacial score (nSPS) is 12.7. The lowest BCUT2D eigenvalue weighted by Crippen LogP contribution is -2.04. The molecule has 0 saturated heterocycles. The molecule has 1 aromatic carbocycles. The lowest BCUT2D eigenvalue weighted by Gasteiger charge is -2.14. The molecule has 1 heterocycles. The smallest absolute Gasteiger partial charge is 0.122 e. The van der Waals surface area contributed by atoms with Gasteiger partial charge in [-0.15, -0.1) is 0 Å². The predicted octanol–water partition coefficient (Wildman–Crippen LogP) is 4.67. The molecule has 20 heavy (non-hydrogen) atoms. The van der Waals surface area contributed by atoms with Crippen molar-refractivity contribution in [1.82, 2.24) is 4.98 Å². The van der Waals surface area contributed by atoms with Crippen LogP contribution in [0, 0.1) is 5.92 Å². The van der Waals surface area contributed by atoms with Crippen molar-refractivity contribution in [1.29, 1.82) is 0 Å². The number of hydrogen-bond acceptors (Lipinski definition) is 2. The minimum Gasteiger partial charge on any atom is -0.382 e. The quantitative estimate of drug-likeness (QED) is 0.890. The van der Waals surface area contributed by atoms with Gasteiger partial charge >= 0.3 is 0 Å². The monoisotopic (exact) mass is 309 g/mol. The van der Waals surface area contributed by atoms with Crippen LogP contribution in [0.25, 0.3) is 0 Å². The Balaban J connectivity index is 2.30. The number of rotatable bonds is 4. The number of benzene rings is 1. The van der Waals surface area contributed by atoms with Crippen molar-refractivity contribution in [3.63, 3.8) is 0 Å². The minimum atomic E-state index is -0.841. The maximum absolute atomic E-state index is 10.4. The van der Waals surface area contributed by atoms with Gasteiger partial charge in [0.05, 0.1) is 15.7 Å². The molecule has 0 bridgehead atoms. The number of aliphatic hydroxyl groups excluding tert-OH is 1. The molecule has 0 spiro atoms. The zero-order valence-electron chi connectivity index (χ0n) is 11.5. The zero-order valence-corrected chi connectivity index (χ0v) is 13.0. The van der Waals surface area contributed by atoms with Crippen molar-refractivity contribution in [3.05, 3.63) is 63.4 Å². The van der Waals surface area contributed by atoms with Gasteiger partial charge in [0.2, 0.25) is 0 Å². The summed E-state index contributed by atoms with van der Waals surface area (Å²) in [6.07, 6.45) is 1.62. The van der Waals surface area contributed by atoms with Gasteiger partial charge in [0.25, 0.3) is 0 Å². The number of halogens is 2. The molecule has 2 aromatic rings. The fourth-order valence-electron chi connectivity index (χ4n) is 2.15. The summed E-state index contributed by atoms with van der Waals surface area (Å²) in [5.41, 5.74) is 2.42. The molecular formula is C16H17Cl2NO. The molecule has 1 aromatic heterocycles. The molecule has 2 rings (SSSR count). The molecule has 0 radical (unpaired) electrons. The maximum Gasteiger partial charge on any atom is 0.122 e. The van der Waals surface area contributed by atoms with Gasteiger partial charge in [-0.05, 0) is 29.5 Å². The van der Waals surface area contributed by atoms with E-state index >= 15 is 0 Å². The van der Waals surface area contributed by atoms with Gasteiger partial charge in [-0.1, -0.05) is 61.3 Å². The molecule has 4 heteroatoms. The van der Waals surface area contributed by atoms with E-state index in [1.54, 1.807) is 6.07 Å². The summed E-state index contributed by atoms with van der Waals surface area (Å²) in [6.45, 7) is 4.33. The summed E-state index contributed by atoms with van der Waals surface area (Å²) in [4.78, 5) is 4.13. The Kier molecular flexibility index (Phi) is 5.03. The average molecular weight is 310 g/mol. The highest BCUT2D eigenvalue weighted by molar-refractivity contribution is 6.34. The van der Waals surface area contributed by atoms with E-state index < -0.39 is 6.10 Å². The van der Waals surface area contributed by atoms with E-state index in [-0.39, 0.29) is 0 Å². The zero-order chi connectivity index (χ0) is 14.7. The molecule has 106 valence electrons. The van der Waals surface area contributed by atoms with Crippen molar-refractivity contribution in [3.8, 4) is 0 Å². The lowest BCUT2D eigenvalue weighted by molar-refractivity contribution is 0.215. The molecule has 0 aliphatic heterocycles. The second kappa shape index (κ2) is 6.57. The molecule has 0 saturated carbocycles. The first-order valence-electron chi connectivity index (χ1n) is 6.55.